The van der Waals surface area contributed by atoms with Crippen LogP contribution in [0, 0.1) is 5.92 Å². The van der Waals surface area contributed by atoms with E-state index in [1.807, 2.05) is 17.9 Å². The van der Waals surface area contributed by atoms with E-state index in [2.05, 4.69) is 22.0 Å². The molecule has 0 radical (unpaired) electrons. The fourth-order valence-electron chi connectivity index (χ4n) is 2.50. The van der Waals surface area contributed by atoms with Crippen molar-refractivity contribution in [1.29, 1.82) is 0 Å². The van der Waals surface area contributed by atoms with Gasteiger partial charge in [-0.05, 0) is 47.8 Å². The van der Waals surface area contributed by atoms with Crippen molar-refractivity contribution in [1.82, 2.24) is 4.90 Å². The molecule has 1 aromatic rings. The maximum absolute atomic E-state index is 12.4. The number of nitrogens with zero attached hydrogens (tertiary/aromatic N) is 1. The maximum atomic E-state index is 12.4. The van der Waals surface area contributed by atoms with Crippen molar-refractivity contribution in [2.75, 3.05) is 6.54 Å². The molecule has 5 heteroatoms. The van der Waals surface area contributed by atoms with E-state index in [9.17, 15) is 4.79 Å². The molecule has 0 aliphatic heterocycles. The van der Waals surface area contributed by atoms with Crippen molar-refractivity contribution in [3.8, 4) is 0 Å². The van der Waals surface area contributed by atoms with Gasteiger partial charge in [0.05, 0.1) is 16.2 Å². The Morgan fingerprint density at radius 1 is 1.56 bits per heavy atom. The van der Waals surface area contributed by atoms with Crippen molar-refractivity contribution in [3.05, 3.63) is 20.8 Å². The predicted octanol–water partition coefficient (Wildman–Crippen LogP) is 2.99. The van der Waals surface area contributed by atoms with Gasteiger partial charge in [0.2, 0.25) is 5.91 Å². The molecule has 0 bridgehead atoms. The minimum atomic E-state index is 0.0355. The Morgan fingerprint density at radius 2 is 2.33 bits per heavy atom. The fourth-order valence-corrected chi connectivity index (χ4v) is 4.00. The molecule has 1 aliphatic carbocycles. The minimum Gasteiger partial charge on any atom is -0.338 e. The van der Waals surface area contributed by atoms with E-state index in [-0.39, 0.29) is 17.9 Å². The summed E-state index contributed by atoms with van der Waals surface area (Å²) in [7, 11) is 0. The van der Waals surface area contributed by atoms with Crippen LogP contribution in [-0.4, -0.2) is 23.4 Å². The molecule has 0 aromatic carbocycles. The quantitative estimate of drug-likeness (QED) is 0.922. The Morgan fingerprint density at radius 3 is 2.83 bits per heavy atom. The Labute approximate surface area is 120 Å². The number of thiophene rings is 1. The molecule has 18 heavy (non-hydrogen) atoms. The molecule has 100 valence electrons. The Bertz CT molecular complexity index is 421. The van der Waals surface area contributed by atoms with Crippen LogP contribution in [0.4, 0.5) is 0 Å². The third kappa shape index (κ3) is 3.13. The van der Waals surface area contributed by atoms with Gasteiger partial charge in [-0.1, -0.05) is 6.42 Å². The van der Waals surface area contributed by atoms with Crippen LogP contribution in [0.15, 0.2) is 15.9 Å². The van der Waals surface area contributed by atoms with Gasteiger partial charge in [-0.15, -0.1) is 11.3 Å². The van der Waals surface area contributed by atoms with Crippen LogP contribution in [-0.2, 0) is 11.3 Å². The highest BCUT2D eigenvalue weighted by atomic mass is 79.9. The van der Waals surface area contributed by atoms with Gasteiger partial charge in [-0.3, -0.25) is 4.79 Å². The van der Waals surface area contributed by atoms with E-state index in [0.717, 1.165) is 29.6 Å². The molecule has 0 spiro atoms. The molecule has 2 N–H and O–H groups in total. The van der Waals surface area contributed by atoms with Gasteiger partial charge in [-0.2, -0.15) is 0 Å². The first-order valence-corrected chi connectivity index (χ1v) is 8.01. The van der Waals surface area contributed by atoms with E-state index < -0.39 is 0 Å². The minimum absolute atomic E-state index is 0.0355. The molecule has 1 fully saturated rings. The lowest BCUT2D eigenvalue weighted by Gasteiger charge is -2.25. The third-order valence-electron chi connectivity index (χ3n) is 3.56. The standard InChI is InChI=1S/C13H19BrN2OS/c1-2-16(8-9-6-7-12(14)18-9)13(17)10-4-3-5-11(10)15/h6-7,10-11H,2-5,8,15H2,1H3. The van der Waals surface area contributed by atoms with Crippen LogP contribution in [0.3, 0.4) is 0 Å². The van der Waals surface area contributed by atoms with Gasteiger partial charge < -0.3 is 10.6 Å². The van der Waals surface area contributed by atoms with E-state index in [0.29, 0.717) is 6.54 Å². The fraction of sp³-hybridized carbons (Fsp3) is 0.615. The molecule has 3 nitrogen and oxygen atoms in total. The second kappa shape index (κ2) is 6.17. The van der Waals surface area contributed by atoms with Gasteiger partial charge >= 0.3 is 0 Å². The van der Waals surface area contributed by atoms with Crippen LogP contribution < -0.4 is 5.73 Å². The molecule has 2 rings (SSSR count). The zero-order valence-corrected chi connectivity index (χ0v) is 13.0. The summed E-state index contributed by atoms with van der Waals surface area (Å²) in [6.45, 7) is 3.48. The number of carbonyl (C=O) groups is 1. The number of carbonyl (C=O) groups excluding carboxylic acids is 1. The van der Waals surface area contributed by atoms with Gasteiger partial charge in [0.15, 0.2) is 0 Å². The van der Waals surface area contributed by atoms with E-state index in [1.165, 1.54) is 4.88 Å². The summed E-state index contributed by atoms with van der Waals surface area (Å²) in [5.41, 5.74) is 6.02. The molecule has 1 heterocycles. The first kappa shape index (κ1) is 14.0. The lowest BCUT2D eigenvalue weighted by atomic mass is 10.0. The van der Waals surface area contributed by atoms with Crippen LogP contribution in [0.5, 0.6) is 0 Å². The van der Waals surface area contributed by atoms with Crippen molar-refractivity contribution < 1.29 is 4.79 Å². The molecule has 0 saturated heterocycles. The molecule has 1 saturated carbocycles. The summed E-state index contributed by atoms with van der Waals surface area (Å²) < 4.78 is 1.11. The average Bonchev–Trinajstić information content (AvgIpc) is 2.94. The molecular weight excluding hydrogens is 312 g/mol. The van der Waals surface area contributed by atoms with Gasteiger partial charge in [0.25, 0.3) is 0 Å². The zero-order valence-electron chi connectivity index (χ0n) is 10.6. The van der Waals surface area contributed by atoms with E-state index >= 15 is 0 Å². The highest BCUT2D eigenvalue weighted by Crippen LogP contribution is 2.28. The van der Waals surface area contributed by atoms with Gasteiger partial charge in [0.1, 0.15) is 0 Å². The summed E-state index contributed by atoms with van der Waals surface area (Å²) in [6.07, 6.45) is 3.02. The van der Waals surface area contributed by atoms with Crippen molar-refractivity contribution in [2.24, 2.45) is 11.7 Å². The number of nitrogens with two attached hydrogens (primary N) is 1. The first-order chi connectivity index (χ1) is 8.61. The number of rotatable bonds is 4. The number of halogens is 1. The van der Waals surface area contributed by atoms with E-state index in [4.69, 9.17) is 5.73 Å². The van der Waals surface area contributed by atoms with Gasteiger partial charge in [-0.25, -0.2) is 0 Å². The van der Waals surface area contributed by atoms with Gasteiger partial charge in [0, 0.05) is 17.5 Å². The monoisotopic (exact) mass is 330 g/mol. The summed E-state index contributed by atoms with van der Waals surface area (Å²) in [5, 5.41) is 0. The lowest BCUT2D eigenvalue weighted by Crippen LogP contribution is -2.41. The molecule has 1 amide bonds. The largest absolute Gasteiger partial charge is 0.338 e. The third-order valence-corrected chi connectivity index (χ3v) is 5.16. The summed E-state index contributed by atoms with van der Waals surface area (Å²) in [6, 6.07) is 4.15. The number of amides is 1. The van der Waals surface area contributed by atoms with Crippen LogP contribution in [0.25, 0.3) is 0 Å². The number of hydrogen-bond donors (Lipinski definition) is 1. The first-order valence-electron chi connectivity index (χ1n) is 6.40. The SMILES string of the molecule is CCN(Cc1ccc(Br)s1)C(=O)C1CCCC1N. The number of hydrogen-bond acceptors (Lipinski definition) is 3. The maximum Gasteiger partial charge on any atom is 0.227 e. The Balaban J connectivity index is 2.01. The Kier molecular flexibility index (Phi) is 4.81. The molecular formula is C13H19BrN2OS. The summed E-state index contributed by atoms with van der Waals surface area (Å²) in [4.78, 5) is 15.6. The lowest BCUT2D eigenvalue weighted by molar-refractivity contribution is -0.136. The van der Waals surface area contributed by atoms with Crippen molar-refractivity contribution >= 4 is 33.2 Å². The highest BCUT2D eigenvalue weighted by molar-refractivity contribution is 9.11. The zero-order chi connectivity index (χ0) is 13.1. The van der Waals surface area contributed by atoms with Crippen LogP contribution in [0.2, 0.25) is 0 Å². The normalized spacial score (nSPS) is 23.3. The molecule has 2 unspecified atom stereocenters. The smallest absolute Gasteiger partial charge is 0.227 e. The van der Waals surface area contributed by atoms with Crippen LogP contribution >= 0.6 is 27.3 Å². The molecule has 1 aliphatic rings. The van der Waals surface area contributed by atoms with E-state index in [1.54, 1.807) is 11.3 Å². The highest BCUT2D eigenvalue weighted by Gasteiger charge is 2.32. The van der Waals surface area contributed by atoms with Crippen molar-refractivity contribution in [2.45, 2.75) is 38.8 Å². The summed E-state index contributed by atoms with van der Waals surface area (Å²) in [5.74, 6) is 0.264. The molecule has 2 atom stereocenters. The average molecular weight is 331 g/mol. The second-order valence-corrected chi connectivity index (χ2v) is 7.31. The van der Waals surface area contributed by atoms with Crippen molar-refractivity contribution in [3.63, 3.8) is 0 Å². The molecule has 1 aromatic heterocycles. The predicted molar refractivity (Wildman–Crippen MR) is 78.4 cm³/mol. The second-order valence-electron chi connectivity index (χ2n) is 4.76. The topological polar surface area (TPSA) is 46.3 Å². The Hall–Kier alpha value is -0.390. The van der Waals surface area contributed by atoms with Crippen LogP contribution in [0.1, 0.15) is 31.1 Å². The summed E-state index contributed by atoms with van der Waals surface area (Å²) >= 11 is 5.14.